The predicted octanol–water partition coefficient (Wildman–Crippen LogP) is -0.410. The van der Waals surface area contributed by atoms with Gasteiger partial charge in [0.05, 0.1) is 19.8 Å². The molecule has 0 fully saturated rings. The highest BCUT2D eigenvalue weighted by molar-refractivity contribution is 8.54. The molecule has 0 aliphatic heterocycles. The van der Waals surface area contributed by atoms with Crippen molar-refractivity contribution in [1.29, 1.82) is 0 Å². The van der Waals surface area contributed by atoms with E-state index in [1.807, 2.05) is 0 Å². The first-order valence-corrected chi connectivity index (χ1v) is 12.3. The minimum atomic E-state index is -3.24. The third kappa shape index (κ3) is 11.2. The number of hydrogen-bond acceptors (Lipinski definition) is 7. The second-order valence-corrected chi connectivity index (χ2v) is 12.3. The van der Waals surface area contributed by atoms with E-state index in [9.17, 15) is 14.2 Å². The van der Waals surface area contributed by atoms with E-state index in [1.54, 1.807) is 62.6 Å². The lowest BCUT2D eigenvalue weighted by Gasteiger charge is -2.28. The van der Waals surface area contributed by atoms with Gasteiger partial charge in [0.25, 0.3) is 0 Å². The lowest BCUT2D eigenvalue weighted by Crippen LogP contribution is -3.09. The van der Waals surface area contributed by atoms with E-state index in [4.69, 9.17) is 14.0 Å². The quantitative estimate of drug-likeness (QED) is 0.223. The summed E-state index contributed by atoms with van der Waals surface area (Å²) in [5.41, 5.74) is -0.574. The summed E-state index contributed by atoms with van der Waals surface area (Å²) in [4.78, 5) is 25.6. The minimum Gasteiger partial charge on any atom is -1.00 e. The van der Waals surface area contributed by atoms with Gasteiger partial charge in [-0.25, -0.2) is 14.2 Å². The van der Waals surface area contributed by atoms with Crippen LogP contribution in [-0.2, 0) is 23.4 Å². The highest BCUT2D eigenvalue weighted by Gasteiger charge is 2.41. The highest BCUT2D eigenvalue weighted by Crippen LogP contribution is 2.51. The molecule has 1 N–H and O–H groups in total. The summed E-state index contributed by atoms with van der Waals surface area (Å²) in [6, 6.07) is -0.638. The molecule has 0 aliphatic rings. The summed E-state index contributed by atoms with van der Waals surface area (Å²) in [6.45, 7) is 9.71. The number of halogens is 1. The van der Waals surface area contributed by atoms with Crippen LogP contribution in [0.15, 0.2) is 0 Å². The van der Waals surface area contributed by atoms with Crippen LogP contribution in [0.5, 0.6) is 0 Å². The first kappa shape index (κ1) is 30.2. The van der Waals surface area contributed by atoms with Crippen LogP contribution in [0.1, 0.15) is 48.5 Å². The fourth-order valence-electron chi connectivity index (χ4n) is 1.88. The summed E-state index contributed by atoms with van der Waals surface area (Å²) in [5, 5.41) is 0. The second kappa shape index (κ2) is 13.3. The maximum absolute atomic E-state index is 13.3. The summed E-state index contributed by atoms with van der Waals surface area (Å²) >= 11 is 1.12. The molecule has 0 spiro atoms. The Morgan fingerprint density at radius 3 is 2.18 bits per heavy atom. The van der Waals surface area contributed by atoms with Crippen LogP contribution in [0.25, 0.3) is 0 Å². The molecule has 0 aliphatic carbocycles. The number of quaternary nitrogens is 1. The van der Waals surface area contributed by atoms with Crippen LogP contribution in [0.3, 0.4) is 0 Å². The van der Waals surface area contributed by atoms with E-state index in [0.29, 0.717) is 17.0 Å². The standard InChI is InChI=1S/C17H35N2O6PS.HI/c1-10-23-26(22,19(9)14(4)15(20)24-13(2)3)27-12-11-18(8)16(21)25-17(5,6)7;/h13-14H,10-12H2,1-9H3;1H/t14-,26?;/m1./s1. The Hall–Kier alpha value is -0.0300. The third-order valence-electron chi connectivity index (χ3n) is 3.46. The van der Waals surface area contributed by atoms with Crippen molar-refractivity contribution in [3.63, 3.8) is 0 Å². The molecule has 0 radical (unpaired) electrons. The van der Waals surface area contributed by atoms with E-state index >= 15 is 0 Å². The van der Waals surface area contributed by atoms with Crippen LogP contribution >= 0.6 is 18.1 Å². The zero-order valence-electron chi connectivity index (χ0n) is 18.4. The predicted molar refractivity (Wildman–Crippen MR) is 108 cm³/mol. The topological polar surface area (TPSA) is 86.6 Å². The van der Waals surface area contributed by atoms with Crippen molar-refractivity contribution in [1.82, 2.24) is 4.90 Å². The first-order valence-electron chi connectivity index (χ1n) is 9.11. The Morgan fingerprint density at radius 1 is 1.21 bits per heavy atom. The van der Waals surface area contributed by atoms with E-state index in [0.717, 1.165) is 11.4 Å². The number of rotatable bonds is 10. The number of carbonyl (C=O) groups excluding carboxylic acids is 2. The SMILES string of the molecule is CCOP(=O)(SCCN(C)C(=O)OC(C)(C)C)[NH+](C)[C@H](C)C(=O)OC(C)C.[I-]. The molecule has 168 valence electrons. The molecule has 0 saturated heterocycles. The van der Waals surface area contributed by atoms with Gasteiger partial charge in [-0.2, -0.15) is 0 Å². The summed E-state index contributed by atoms with van der Waals surface area (Å²) in [5.74, 6) is -0.0371. The average Bonchev–Trinajstić information content (AvgIpc) is 2.51. The largest absolute Gasteiger partial charge is 1.00 e. The monoisotopic (exact) mass is 554 g/mol. The molecule has 0 aromatic carbocycles. The molecule has 8 nitrogen and oxygen atoms in total. The average molecular weight is 554 g/mol. The number of ether oxygens (including phenoxy) is 2. The van der Waals surface area contributed by atoms with Gasteiger partial charge >= 0.3 is 18.8 Å². The van der Waals surface area contributed by atoms with Gasteiger partial charge in [0.15, 0.2) is 6.04 Å². The molecule has 0 bridgehead atoms. The number of carbonyl (C=O) groups is 2. The zero-order valence-corrected chi connectivity index (χ0v) is 22.3. The molecular formula is C17H36IN2O6PS. The van der Waals surface area contributed by atoms with Crippen molar-refractivity contribution < 1.29 is 56.8 Å². The Kier molecular flexibility index (Phi) is 14.3. The van der Waals surface area contributed by atoms with Crippen molar-refractivity contribution in [2.24, 2.45) is 0 Å². The molecule has 1 amide bonds. The molecule has 0 rings (SSSR count). The van der Waals surface area contributed by atoms with E-state index in [2.05, 4.69) is 0 Å². The maximum atomic E-state index is 13.3. The number of likely N-dealkylation sites (N-methyl/N-ethyl adjacent to an activating group) is 1. The Balaban J connectivity index is 0. The molecule has 0 aromatic heterocycles. The summed E-state index contributed by atoms with van der Waals surface area (Å²) in [7, 11) is 3.28. The van der Waals surface area contributed by atoms with Crippen LogP contribution in [0.2, 0.25) is 0 Å². The number of nitrogens with one attached hydrogen (secondary N) is 1. The molecule has 3 atom stereocenters. The molecule has 28 heavy (non-hydrogen) atoms. The first-order chi connectivity index (χ1) is 12.2. The summed E-state index contributed by atoms with van der Waals surface area (Å²) in [6.07, 6.45) is -0.682. The molecule has 11 heteroatoms. The van der Waals surface area contributed by atoms with E-state index in [1.165, 1.54) is 4.90 Å². The van der Waals surface area contributed by atoms with Crippen molar-refractivity contribution in [3.05, 3.63) is 0 Å². The fraction of sp³-hybridized carbons (Fsp3) is 0.882. The fourth-order valence-corrected chi connectivity index (χ4v) is 6.47. The van der Waals surface area contributed by atoms with Crippen molar-refractivity contribution >= 4 is 30.2 Å². The molecular weight excluding hydrogens is 518 g/mol. The molecule has 2 unspecified atom stereocenters. The molecule has 0 heterocycles. The van der Waals surface area contributed by atoms with Gasteiger partial charge in [0, 0.05) is 19.3 Å². The van der Waals surface area contributed by atoms with Gasteiger partial charge in [-0.1, -0.05) is 0 Å². The van der Waals surface area contributed by atoms with Gasteiger partial charge in [0.2, 0.25) is 0 Å². The second-order valence-electron chi connectivity index (χ2n) is 7.50. The normalized spacial score (nSPS) is 15.8. The Morgan fingerprint density at radius 2 is 1.75 bits per heavy atom. The highest BCUT2D eigenvalue weighted by atomic mass is 127. The smallest absolute Gasteiger partial charge is 0.440 e. The van der Waals surface area contributed by atoms with Gasteiger partial charge in [-0.05, 0) is 59.8 Å². The third-order valence-corrected chi connectivity index (χ3v) is 8.76. The lowest BCUT2D eigenvalue weighted by atomic mass is 10.2. The van der Waals surface area contributed by atoms with Crippen LogP contribution in [-0.4, -0.2) is 67.7 Å². The summed E-state index contributed by atoms with van der Waals surface area (Å²) < 4.78 is 29.8. The molecule has 0 saturated carbocycles. The van der Waals surface area contributed by atoms with Gasteiger partial charge < -0.3 is 38.4 Å². The Bertz CT molecular complexity index is 544. The van der Waals surface area contributed by atoms with Gasteiger partial charge in [-0.3, -0.25) is 9.19 Å². The Labute approximate surface area is 190 Å². The lowest BCUT2D eigenvalue weighted by molar-refractivity contribution is -0.771. The zero-order chi connectivity index (χ0) is 21.4. The number of nitrogens with zero attached hydrogens (tertiary/aromatic N) is 1. The molecule has 0 aromatic rings. The van der Waals surface area contributed by atoms with Crippen LogP contribution in [0.4, 0.5) is 4.79 Å². The van der Waals surface area contributed by atoms with Crippen molar-refractivity contribution in [2.45, 2.75) is 66.2 Å². The van der Waals surface area contributed by atoms with Gasteiger partial charge in [0.1, 0.15) is 5.60 Å². The number of esters is 1. The van der Waals surface area contributed by atoms with Crippen LogP contribution in [0, 0.1) is 0 Å². The van der Waals surface area contributed by atoms with E-state index in [-0.39, 0.29) is 36.7 Å². The van der Waals surface area contributed by atoms with Gasteiger partial charge in [-0.15, -0.1) is 0 Å². The maximum Gasteiger partial charge on any atom is 0.440 e. The van der Waals surface area contributed by atoms with Crippen LogP contribution < -0.4 is 28.6 Å². The number of hydrogen-bond donors (Lipinski definition) is 1. The minimum absolute atomic E-state index is 0. The van der Waals surface area contributed by atoms with E-state index < -0.39 is 30.4 Å². The van der Waals surface area contributed by atoms with Crippen molar-refractivity contribution in [2.75, 3.05) is 33.0 Å². The van der Waals surface area contributed by atoms with Crippen molar-refractivity contribution in [3.8, 4) is 0 Å². The number of amides is 1.